The minimum Gasteiger partial charge on any atom is -0.497 e. The molecule has 0 fully saturated rings. The Balaban J connectivity index is 3.35. The van der Waals surface area contributed by atoms with E-state index in [4.69, 9.17) is 32.7 Å². The van der Waals surface area contributed by atoms with Gasteiger partial charge in [0.2, 0.25) is 0 Å². The number of carbonyl (C=O) groups excluding carboxylic acids is 1. The third-order valence-corrected chi connectivity index (χ3v) is 2.15. The molecular formula is C9H8Cl2O3. The molecule has 0 heterocycles. The fraction of sp³-hybridized carbons (Fsp3) is 0.222. The molecule has 0 amide bonds. The molecule has 0 unspecified atom stereocenters. The van der Waals surface area contributed by atoms with Gasteiger partial charge in [0.25, 0.3) is 5.24 Å². The molecule has 0 atom stereocenters. The lowest BCUT2D eigenvalue weighted by Crippen LogP contribution is -1.97. The van der Waals surface area contributed by atoms with Crippen LogP contribution in [0.4, 0.5) is 0 Å². The van der Waals surface area contributed by atoms with Crippen molar-refractivity contribution in [2.45, 2.75) is 0 Å². The first-order chi connectivity index (χ1) is 6.60. The van der Waals surface area contributed by atoms with Crippen LogP contribution in [0, 0.1) is 0 Å². The lowest BCUT2D eigenvalue weighted by Gasteiger charge is -2.09. The number of hydrogen-bond acceptors (Lipinski definition) is 3. The van der Waals surface area contributed by atoms with E-state index in [0.29, 0.717) is 5.75 Å². The largest absolute Gasteiger partial charge is 0.497 e. The Morgan fingerprint density at radius 2 is 1.93 bits per heavy atom. The summed E-state index contributed by atoms with van der Waals surface area (Å²) >= 11 is 11.2. The van der Waals surface area contributed by atoms with Gasteiger partial charge in [-0.15, -0.1) is 0 Å². The van der Waals surface area contributed by atoms with E-state index in [9.17, 15) is 4.79 Å². The highest BCUT2D eigenvalue weighted by molar-refractivity contribution is 6.68. The first kappa shape index (κ1) is 11.1. The van der Waals surface area contributed by atoms with Gasteiger partial charge in [-0.05, 0) is 17.7 Å². The number of rotatable bonds is 3. The van der Waals surface area contributed by atoms with E-state index < -0.39 is 5.24 Å². The molecule has 76 valence electrons. The van der Waals surface area contributed by atoms with Crippen LogP contribution in [-0.4, -0.2) is 19.5 Å². The minimum absolute atomic E-state index is 0.193. The van der Waals surface area contributed by atoms with Gasteiger partial charge in [-0.1, -0.05) is 11.6 Å². The summed E-state index contributed by atoms with van der Waals surface area (Å²) in [4.78, 5) is 11.0. The maximum atomic E-state index is 11.0. The fourth-order valence-corrected chi connectivity index (χ4v) is 1.47. The number of benzene rings is 1. The van der Waals surface area contributed by atoms with Crippen LogP contribution >= 0.6 is 23.2 Å². The van der Waals surface area contributed by atoms with Crippen molar-refractivity contribution in [3.05, 3.63) is 22.7 Å². The lowest BCUT2D eigenvalue weighted by molar-refractivity contribution is 0.107. The van der Waals surface area contributed by atoms with Crippen LogP contribution in [0.25, 0.3) is 0 Å². The summed E-state index contributed by atoms with van der Waals surface area (Å²) in [5.74, 6) is 0.715. The van der Waals surface area contributed by atoms with E-state index in [-0.39, 0.29) is 16.3 Å². The smallest absolute Gasteiger partial charge is 0.256 e. The molecule has 0 radical (unpaired) electrons. The molecule has 0 saturated heterocycles. The highest BCUT2D eigenvalue weighted by Crippen LogP contribution is 2.33. The summed E-state index contributed by atoms with van der Waals surface area (Å²) in [6.07, 6.45) is 0. The van der Waals surface area contributed by atoms with Gasteiger partial charge in [-0.25, -0.2) is 0 Å². The Hall–Kier alpha value is -0.930. The normalized spacial score (nSPS) is 9.71. The molecule has 5 heteroatoms. The number of hydrogen-bond donors (Lipinski definition) is 0. The van der Waals surface area contributed by atoms with Gasteiger partial charge in [0, 0.05) is 6.07 Å². The van der Waals surface area contributed by atoms with Crippen molar-refractivity contribution in [2.24, 2.45) is 0 Å². The van der Waals surface area contributed by atoms with E-state index in [1.165, 1.54) is 20.3 Å². The van der Waals surface area contributed by atoms with E-state index in [2.05, 4.69) is 0 Å². The summed E-state index contributed by atoms with van der Waals surface area (Å²) in [7, 11) is 2.89. The third kappa shape index (κ3) is 2.11. The standard InChI is InChI=1S/C9H8Cl2O3/c1-13-5-3-6(9(11)12)8(14-2)7(10)4-5/h3-4H,1-2H3. The molecular weight excluding hydrogens is 227 g/mol. The summed E-state index contributed by atoms with van der Waals surface area (Å²) in [6, 6.07) is 3.02. The van der Waals surface area contributed by atoms with Gasteiger partial charge in [0.15, 0.2) is 0 Å². The molecule has 14 heavy (non-hydrogen) atoms. The SMILES string of the molecule is COc1cc(Cl)c(OC)c(C(=O)Cl)c1. The number of ether oxygens (including phenoxy) is 2. The third-order valence-electron chi connectivity index (χ3n) is 1.67. The van der Waals surface area contributed by atoms with Crippen LogP contribution in [0.2, 0.25) is 5.02 Å². The van der Waals surface area contributed by atoms with Crippen LogP contribution in [0.3, 0.4) is 0 Å². The fourth-order valence-electron chi connectivity index (χ4n) is 1.04. The number of halogens is 2. The van der Waals surface area contributed by atoms with E-state index >= 15 is 0 Å². The van der Waals surface area contributed by atoms with Crippen LogP contribution in [-0.2, 0) is 0 Å². The second-order valence-corrected chi connectivity index (χ2v) is 3.21. The van der Waals surface area contributed by atoms with Gasteiger partial charge in [0.05, 0.1) is 24.8 Å². The molecule has 3 nitrogen and oxygen atoms in total. The highest BCUT2D eigenvalue weighted by atomic mass is 35.5. The average Bonchev–Trinajstić information content (AvgIpc) is 2.16. The van der Waals surface area contributed by atoms with Gasteiger partial charge < -0.3 is 9.47 Å². The minimum atomic E-state index is -0.636. The topological polar surface area (TPSA) is 35.5 Å². The second-order valence-electron chi connectivity index (χ2n) is 2.46. The second kappa shape index (κ2) is 4.53. The van der Waals surface area contributed by atoms with Gasteiger partial charge in [0.1, 0.15) is 11.5 Å². The van der Waals surface area contributed by atoms with Gasteiger partial charge in [-0.3, -0.25) is 4.79 Å². The van der Waals surface area contributed by atoms with Crippen molar-refractivity contribution in [2.75, 3.05) is 14.2 Å². The van der Waals surface area contributed by atoms with Crippen molar-refractivity contribution < 1.29 is 14.3 Å². The molecule has 0 bridgehead atoms. The zero-order valence-electron chi connectivity index (χ0n) is 7.64. The Labute approximate surface area is 91.5 Å². The summed E-state index contributed by atoms with van der Waals surface area (Å²) in [5, 5.41) is -0.349. The van der Waals surface area contributed by atoms with Gasteiger partial charge >= 0.3 is 0 Å². The number of methoxy groups -OCH3 is 2. The van der Waals surface area contributed by atoms with Crippen LogP contribution in [0.1, 0.15) is 10.4 Å². The average molecular weight is 235 g/mol. The summed E-state index contributed by atoms with van der Waals surface area (Å²) in [5.41, 5.74) is 0.193. The zero-order valence-corrected chi connectivity index (χ0v) is 9.15. The Kier molecular flexibility index (Phi) is 3.61. The highest BCUT2D eigenvalue weighted by Gasteiger charge is 2.15. The van der Waals surface area contributed by atoms with Crippen LogP contribution < -0.4 is 9.47 Å². The van der Waals surface area contributed by atoms with Crippen LogP contribution in [0.15, 0.2) is 12.1 Å². The maximum Gasteiger partial charge on any atom is 0.256 e. The molecule has 1 aromatic carbocycles. The van der Waals surface area contributed by atoms with Crippen molar-refractivity contribution >= 4 is 28.4 Å². The van der Waals surface area contributed by atoms with E-state index in [1.54, 1.807) is 6.07 Å². The molecule has 0 aromatic heterocycles. The zero-order chi connectivity index (χ0) is 10.7. The molecule has 0 aliphatic rings. The van der Waals surface area contributed by atoms with Gasteiger partial charge in [-0.2, -0.15) is 0 Å². The van der Waals surface area contributed by atoms with Crippen LogP contribution in [0.5, 0.6) is 11.5 Å². The first-order valence-corrected chi connectivity index (χ1v) is 4.47. The predicted octanol–water partition coefficient (Wildman–Crippen LogP) is 2.74. The van der Waals surface area contributed by atoms with E-state index in [0.717, 1.165) is 0 Å². The Morgan fingerprint density at radius 3 is 2.36 bits per heavy atom. The van der Waals surface area contributed by atoms with Crippen molar-refractivity contribution in [1.29, 1.82) is 0 Å². The van der Waals surface area contributed by atoms with E-state index in [1.807, 2.05) is 0 Å². The molecule has 1 aromatic rings. The molecule has 0 aliphatic carbocycles. The molecule has 0 saturated carbocycles. The Bertz CT molecular complexity index is 363. The summed E-state index contributed by atoms with van der Waals surface area (Å²) < 4.78 is 9.88. The Morgan fingerprint density at radius 1 is 1.29 bits per heavy atom. The van der Waals surface area contributed by atoms with Crippen molar-refractivity contribution in [1.82, 2.24) is 0 Å². The first-order valence-electron chi connectivity index (χ1n) is 3.71. The lowest BCUT2D eigenvalue weighted by atomic mass is 10.2. The molecule has 1 rings (SSSR count). The van der Waals surface area contributed by atoms with Crippen molar-refractivity contribution in [3.8, 4) is 11.5 Å². The van der Waals surface area contributed by atoms with Crippen molar-refractivity contribution in [3.63, 3.8) is 0 Å². The molecule has 0 spiro atoms. The summed E-state index contributed by atoms with van der Waals surface area (Å²) in [6.45, 7) is 0. The maximum absolute atomic E-state index is 11.0. The predicted molar refractivity (Wildman–Crippen MR) is 54.7 cm³/mol. The molecule has 0 aliphatic heterocycles. The molecule has 0 N–H and O–H groups in total. The number of carbonyl (C=O) groups is 1. The monoisotopic (exact) mass is 234 g/mol. The quantitative estimate of drug-likeness (QED) is 0.755.